The van der Waals surface area contributed by atoms with Gasteiger partial charge >= 0.3 is 0 Å². The minimum atomic E-state index is -0.751. The number of fused-ring (bicyclic) bond motifs is 1. The third kappa shape index (κ3) is 2.59. The number of carbonyl (C=O) groups excluding carboxylic acids is 1. The maximum atomic E-state index is 12.1. The Labute approximate surface area is 128 Å². The lowest BCUT2D eigenvalue weighted by Crippen LogP contribution is -2.36. The molecule has 1 N–H and O–H groups in total. The van der Waals surface area contributed by atoms with Gasteiger partial charge in [-0.3, -0.25) is 14.9 Å². The van der Waals surface area contributed by atoms with Crippen LogP contribution in [0.15, 0.2) is 46.9 Å². The molecule has 1 amide bonds. The molecule has 1 heterocycles. The van der Waals surface area contributed by atoms with Crippen LogP contribution in [0.3, 0.4) is 0 Å². The topological polar surface area (TPSA) is 81.5 Å². The summed E-state index contributed by atoms with van der Waals surface area (Å²) in [7, 11) is 0. The van der Waals surface area contributed by atoms with E-state index in [9.17, 15) is 14.9 Å². The lowest BCUT2D eigenvalue weighted by molar-refractivity contribution is -0.385. The summed E-state index contributed by atoms with van der Waals surface area (Å²) in [6.07, 6.45) is -0.751. The number of hydrogen-bond donors (Lipinski definition) is 1. The summed E-state index contributed by atoms with van der Waals surface area (Å²) in [6.45, 7) is 0. The maximum Gasteiger partial charge on any atom is 0.269 e. The number of benzene rings is 2. The first-order valence-corrected chi connectivity index (χ1v) is 6.85. The van der Waals surface area contributed by atoms with Gasteiger partial charge in [0, 0.05) is 22.2 Å². The lowest BCUT2D eigenvalue weighted by Gasteiger charge is -2.27. The van der Waals surface area contributed by atoms with Crippen molar-refractivity contribution in [2.75, 3.05) is 0 Å². The third-order valence-corrected chi connectivity index (χ3v) is 3.57. The van der Waals surface area contributed by atoms with Crippen molar-refractivity contribution in [1.29, 1.82) is 0 Å². The number of amides is 1. The molecule has 2 aromatic rings. The number of rotatable bonds is 2. The Kier molecular flexibility index (Phi) is 3.34. The van der Waals surface area contributed by atoms with Crippen LogP contribution in [-0.4, -0.2) is 10.8 Å². The highest BCUT2D eigenvalue weighted by Crippen LogP contribution is 2.32. The van der Waals surface area contributed by atoms with Gasteiger partial charge in [0.15, 0.2) is 6.23 Å². The molecule has 0 bridgehead atoms. The van der Waals surface area contributed by atoms with E-state index < -0.39 is 11.2 Å². The summed E-state index contributed by atoms with van der Waals surface area (Å²) < 4.78 is 6.51. The minimum Gasteiger partial charge on any atom is -0.466 e. The van der Waals surface area contributed by atoms with Gasteiger partial charge in [0.2, 0.25) is 0 Å². The molecule has 7 heteroatoms. The highest BCUT2D eigenvalue weighted by atomic mass is 79.9. The van der Waals surface area contributed by atoms with Crippen molar-refractivity contribution < 1.29 is 14.5 Å². The number of nitro benzene ring substituents is 1. The molecule has 3 rings (SSSR count). The van der Waals surface area contributed by atoms with Crippen LogP contribution in [0, 0.1) is 10.1 Å². The molecule has 1 unspecified atom stereocenters. The van der Waals surface area contributed by atoms with E-state index in [1.807, 2.05) is 0 Å². The summed E-state index contributed by atoms with van der Waals surface area (Å²) in [5.41, 5.74) is 0.897. The molecule has 0 saturated carbocycles. The molecule has 0 fully saturated rings. The zero-order valence-electron chi connectivity index (χ0n) is 10.6. The van der Waals surface area contributed by atoms with Crippen LogP contribution in [0.5, 0.6) is 5.75 Å². The van der Waals surface area contributed by atoms with Gasteiger partial charge in [-0.15, -0.1) is 0 Å². The van der Waals surface area contributed by atoms with Crippen LogP contribution < -0.4 is 10.1 Å². The Hall–Kier alpha value is -2.41. The Bertz CT molecular complexity index is 748. The Morgan fingerprint density at radius 3 is 2.81 bits per heavy atom. The van der Waals surface area contributed by atoms with E-state index >= 15 is 0 Å². The predicted octanol–water partition coefficient (Wildman–Crippen LogP) is 3.18. The van der Waals surface area contributed by atoms with Crippen LogP contribution in [0.2, 0.25) is 0 Å². The molecule has 0 aliphatic carbocycles. The molecule has 2 aromatic carbocycles. The molecule has 1 aliphatic rings. The van der Waals surface area contributed by atoms with Gasteiger partial charge in [-0.05, 0) is 18.2 Å². The van der Waals surface area contributed by atoms with Crippen LogP contribution in [0.25, 0.3) is 0 Å². The molecule has 1 atom stereocenters. The lowest BCUT2D eigenvalue weighted by atomic mass is 10.1. The van der Waals surface area contributed by atoms with Crippen LogP contribution in [0.4, 0.5) is 5.69 Å². The van der Waals surface area contributed by atoms with Crippen LogP contribution in [0.1, 0.15) is 22.1 Å². The zero-order chi connectivity index (χ0) is 15.0. The van der Waals surface area contributed by atoms with Gasteiger partial charge in [-0.2, -0.15) is 0 Å². The SMILES string of the molecule is O=C1NC(c2cccc([N+](=O)[O-])c2)Oc2cc(Br)ccc21. The fourth-order valence-corrected chi connectivity index (χ4v) is 2.43. The molecule has 6 nitrogen and oxygen atoms in total. The predicted molar refractivity (Wildman–Crippen MR) is 78.1 cm³/mol. The summed E-state index contributed by atoms with van der Waals surface area (Å²) in [6, 6.07) is 11.1. The molecular formula is C14H9BrN2O4. The highest BCUT2D eigenvalue weighted by molar-refractivity contribution is 9.10. The Morgan fingerprint density at radius 1 is 1.24 bits per heavy atom. The molecule has 0 saturated heterocycles. The first kappa shape index (κ1) is 13.6. The summed E-state index contributed by atoms with van der Waals surface area (Å²) in [5, 5.41) is 13.5. The average molecular weight is 349 g/mol. The molecule has 0 radical (unpaired) electrons. The van der Waals surface area contributed by atoms with E-state index in [1.165, 1.54) is 12.1 Å². The van der Waals surface area contributed by atoms with E-state index in [1.54, 1.807) is 30.3 Å². The second-order valence-electron chi connectivity index (χ2n) is 4.46. The first-order valence-electron chi connectivity index (χ1n) is 6.06. The quantitative estimate of drug-likeness (QED) is 0.667. The third-order valence-electron chi connectivity index (χ3n) is 3.08. The first-order chi connectivity index (χ1) is 10.0. The highest BCUT2D eigenvalue weighted by Gasteiger charge is 2.27. The monoisotopic (exact) mass is 348 g/mol. The largest absolute Gasteiger partial charge is 0.466 e. The van der Waals surface area contributed by atoms with E-state index in [2.05, 4.69) is 21.2 Å². The minimum absolute atomic E-state index is 0.0506. The molecule has 0 spiro atoms. The molecule has 0 aromatic heterocycles. The van der Waals surface area contributed by atoms with Crippen LogP contribution in [-0.2, 0) is 0 Å². The van der Waals surface area contributed by atoms with Crippen molar-refractivity contribution in [2.45, 2.75) is 6.23 Å². The molecule has 106 valence electrons. The van der Waals surface area contributed by atoms with Gasteiger partial charge in [-0.1, -0.05) is 28.1 Å². The standard InChI is InChI=1S/C14H9BrN2O4/c15-9-4-5-11-12(7-9)21-14(16-13(11)18)8-2-1-3-10(6-8)17(19)20/h1-7,14H,(H,16,18). The number of carbonyl (C=O) groups is 1. The van der Waals surface area contributed by atoms with Gasteiger partial charge in [0.05, 0.1) is 10.5 Å². The van der Waals surface area contributed by atoms with Crippen molar-refractivity contribution in [1.82, 2.24) is 5.32 Å². The number of halogens is 1. The average Bonchev–Trinajstić information content (AvgIpc) is 2.46. The van der Waals surface area contributed by atoms with E-state index in [4.69, 9.17) is 4.74 Å². The summed E-state index contributed by atoms with van der Waals surface area (Å²) >= 11 is 3.32. The van der Waals surface area contributed by atoms with Gasteiger partial charge < -0.3 is 10.1 Å². The number of nitrogens with one attached hydrogen (secondary N) is 1. The second kappa shape index (κ2) is 5.17. The van der Waals surface area contributed by atoms with Crippen molar-refractivity contribution in [2.24, 2.45) is 0 Å². The number of nitrogens with zero attached hydrogens (tertiary/aromatic N) is 1. The number of nitro groups is 1. The van der Waals surface area contributed by atoms with E-state index in [0.717, 1.165) is 4.47 Å². The fraction of sp³-hybridized carbons (Fsp3) is 0.0714. The molecule has 1 aliphatic heterocycles. The van der Waals surface area contributed by atoms with Gasteiger partial charge in [0.25, 0.3) is 11.6 Å². The maximum absolute atomic E-state index is 12.1. The van der Waals surface area contributed by atoms with Crippen LogP contribution >= 0.6 is 15.9 Å². The van der Waals surface area contributed by atoms with Crippen molar-refractivity contribution in [3.63, 3.8) is 0 Å². The number of ether oxygens (including phenoxy) is 1. The fourth-order valence-electron chi connectivity index (χ4n) is 2.09. The van der Waals surface area contributed by atoms with Gasteiger partial charge in [-0.25, -0.2) is 0 Å². The van der Waals surface area contributed by atoms with Crippen molar-refractivity contribution in [3.8, 4) is 5.75 Å². The summed E-state index contributed by atoms with van der Waals surface area (Å²) in [4.78, 5) is 22.4. The van der Waals surface area contributed by atoms with Crippen molar-refractivity contribution >= 4 is 27.5 Å². The zero-order valence-corrected chi connectivity index (χ0v) is 12.2. The summed E-state index contributed by atoms with van der Waals surface area (Å²) in [5.74, 6) is 0.157. The normalized spacial score (nSPS) is 16.6. The molecular weight excluding hydrogens is 340 g/mol. The Balaban J connectivity index is 1.97. The number of hydrogen-bond acceptors (Lipinski definition) is 4. The van der Waals surface area contributed by atoms with Crippen molar-refractivity contribution in [3.05, 3.63) is 68.2 Å². The second-order valence-corrected chi connectivity index (χ2v) is 5.38. The van der Waals surface area contributed by atoms with Gasteiger partial charge in [0.1, 0.15) is 5.75 Å². The smallest absolute Gasteiger partial charge is 0.269 e. The van der Waals surface area contributed by atoms with E-state index in [0.29, 0.717) is 16.9 Å². The molecule has 21 heavy (non-hydrogen) atoms. The Morgan fingerprint density at radius 2 is 2.05 bits per heavy atom. The number of non-ortho nitro benzene ring substituents is 1. The van der Waals surface area contributed by atoms with E-state index in [-0.39, 0.29) is 11.6 Å².